The highest BCUT2D eigenvalue weighted by Gasteiger charge is 1.79. The van der Waals surface area contributed by atoms with E-state index >= 15 is 0 Å². The lowest BCUT2D eigenvalue weighted by Crippen LogP contribution is -1.94. The standard InChI is InChI=1S/C5H11O2.C2H6O2/c1-2-4-7-5-3-6;3-1-2-4/h4,6H,2-3,5H2,1H3;3-4H,1-2H2. The molecular weight excluding hydrogens is 148 g/mol. The third-order valence-corrected chi connectivity index (χ3v) is 0.594. The summed E-state index contributed by atoms with van der Waals surface area (Å²) in [7, 11) is 0. The summed E-state index contributed by atoms with van der Waals surface area (Å²) in [6.45, 7) is 3.94. The number of rotatable bonds is 5. The Labute approximate surface area is 67.4 Å². The van der Waals surface area contributed by atoms with Gasteiger partial charge in [-0.2, -0.15) is 0 Å². The molecule has 0 aromatic heterocycles. The van der Waals surface area contributed by atoms with Crippen molar-refractivity contribution < 1.29 is 20.1 Å². The summed E-state index contributed by atoms with van der Waals surface area (Å²) in [5, 5.41) is 23.4. The Morgan fingerprint density at radius 1 is 1.09 bits per heavy atom. The topological polar surface area (TPSA) is 69.9 Å². The predicted octanol–water partition coefficient (Wildman–Crippen LogP) is -0.462. The first-order chi connectivity index (χ1) is 5.33. The van der Waals surface area contributed by atoms with Crippen molar-refractivity contribution in [2.75, 3.05) is 26.4 Å². The van der Waals surface area contributed by atoms with Crippen molar-refractivity contribution >= 4 is 0 Å². The second kappa shape index (κ2) is 16.4. The fourth-order valence-corrected chi connectivity index (χ4v) is 0.254. The van der Waals surface area contributed by atoms with Crippen molar-refractivity contribution in [1.29, 1.82) is 0 Å². The minimum absolute atomic E-state index is 0.108. The lowest BCUT2D eigenvalue weighted by molar-refractivity contribution is 0.134. The lowest BCUT2D eigenvalue weighted by atomic mass is 10.5. The number of ether oxygens (including phenoxy) is 1. The average molecular weight is 165 g/mol. The molecule has 4 heteroatoms. The molecule has 0 aromatic rings. The van der Waals surface area contributed by atoms with Gasteiger partial charge >= 0.3 is 0 Å². The van der Waals surface area contributed by atoms with Crippen LogP contribution in [0.25, 0.3) is 0 Å². The molecule has 11 heavy (non-hydrogen) atoms. The van der Waals surface area contributed by atoms with Gasteiger partial charge in [0.05, 0.1) is 33.0 Å². The third-order valence-electron chi connectivity index (χ3n) is 0.594. The molecule has 0 fully saturated rings. The summed E-state index contributed by atoms with van der Waals surface area (Å²) in [4.78, 5) is 0. The van der Waals surface area contributed by atoms with Gasteiger partial charge in [0.2, 0.25) is 0 Å². The van der Waals surface area contributed by atoms with E-state index in [-0.39, 0.29) is 19.8 Å². The molecule has 0 aliphatic rings. The molecule has 0 amide bonds. The molecule has 1 radical (unpaired) electrons. The van der Waals surface area contributed by atoms with Gasteiger partial charge in [0, 0.05) is 0 Å². The molecule has 0 aliphatic carbocycles. The molecule has 0 unspecified atom stereocenters. The zero-order valence-corrected chi connectivity index (χ0v) is 6.86. The summed E-state index contributed by atoms with van der Waals surface area (Å²) in [6.07, 6.45) is 0.903. The molecule has 0 heterocycles. The molecule has 0 bridgehead atoms. The first-order valence-corrected chi connectivity index (χ1v) is 3.59. The highest BCUT2D eigenvalue weighted by atomic mass is 16.5. The van der Waals surface area contributed by atoms with Crippen molar-refractivity contribution in [1.82, 2.24) is 0 Å². The SMILES string of the molecule is CC[CH]OCCO.OCCO. The van der Waals surface area contributed by atoms with Crippen LogP contribution in [0.15, 0.2) is 0 Å². The van der Waals surface area contributed by atoms with Crippen LogP contribution in [0.3, 0.4) is 0 Å². The van der Waals surface area contributed by atoms with Crippen molar-refractivity contribution in [3.05, 3.63) is 6.61 Å². The van der Waals surface area contributed by atoms with E-state index < -0.39 is 0 Å². The Hall–Kier alpha value is -0.160. The van der Waals surface area contributed by atoms with Gasteiger partial charge in [-0.25, -0.2) is 0 Å². The van der Waals surface area contributed by atoms with Crippen molar-refractivity contribution in [3.63, 3.8) is 0 Å². The van der Waals surface area contributed by atoms with Crippen molar-refractivity contribution in [3.8, 4) is 0 Å². The minimum atomic E-state index is -0.125. The number of hydrogen-bond donors (Lipinski definition) is 3. The van der Waals surface area contributed by atoms with Gasteiger partial charge in [0.1, 0.15) is 0 Å². The maximum Gasteiger partial charge on any atom is 0.0835 e. The van der Waals surface area contributed by atoms with Crippen LogP contribution in [0.2, 0.25) is 0 Å². The molecule has 0 atom stereocenters. The summed E-state index contributed by atoms with van der Waals surface area (Å²) < 4.78 is 4.76. The lowest BCUT2D eigenvalue weighted by Gasteiger charge is -1.94. The molecule has 0 spiro atoms. The van der Waals surface area contributed by atoms with E-state index in [0.717, 1.165) is 6.42 Å². The van der Waals surface area contributed by atoms with E-state index in [2.05, 4.69) is 0 Å². The number of aliphatic hydroxyl groups excluding tert-OH is 3. The fraction of sp³-hybridized carbons (Fsp3) is 0.857. The van der Waals surface area contributed by atoms with Crippen molar-refractivity contribution in [2.24, 2.45) is 0 Å². The van der Waals surface area contributed by atoms with E-state index in [4.69, 9.17) is 20.1 Å². The fourth-order valence-electron chi connectivity index (χ4n) is 0.254. The monoisotopic (exact) mass is 165 g/mol. The first kappa shape index (κ1) is 13.4. The second-order valence-corrected chi connectivity index (χ2v) is 1.62. The molecule has 0 saturated heterocycles. The zero-order valence-electron chi connectivity index (χ0n) is 6.86. The maximum absolute atomic E-state index is 8.15. The largest absolute Gasteiger partial charge is 0.394 e. The molecule has 3 N–H and O–H groups in total. The Balaban J connectivity index is 0. The third kappa shape index (κ3) is 25.8. The molecule has 0 rings (SSSR count). The van der Waals surface area contributed by atoms with E-state index in [1.165, 1.54) is 0 Å². The van der Waals surface area contributed by atoms with Crippen LogP contribution in [-0.2, 0) is 4.74 Å². The minimum Gasteiger partial charge on any atom is -0.394 e. The Morgan fingerprint density at radius 3 is 1.91 bits per heavy atom. The average Bonchev–Trinajstić information content (AvgIpc) is 2.06. The van der Waals surface area contributed by atoms with Gasteiger partial charge < -0.3 is 20.1 Å². The number of aliphatic hydroxyl groups is 3. The summed E-state index contributed by atoms with van der Waals surface area (Å²) in [6, 6.07) is 0. The van der Waals surface area contributed by atoms with Gasteiger partial charge in [-0.05, 0) is 6.42 Å². The van der Waals surface area contributed by atoms with Crippen molar-refractivity contribution in [2.45, 2.75) is 13.3 Å². The normalized spacial score (nSPS) is 8.73. The molecule has 0 aromatic carbocycles. The predicted molar refractivity (Wildman–Crippen MR) is 41.8 cm³/mol. The number of hydrogen-bond acceptors (Lipinski definition) is 4. The Morgan fingerprint density at radius 2 is 1.64 bits per heavy atom. The van der Waals surface area contributed by atoms with Crippen LogP contribution in [-0.4, -0.2) is 41.7 Å². The smallest absolute Gasteiger partial charge is 0.0835 e. The van der Waals surface area contributed by atoms with Crippen LogP contribution in [0, 0.1) is 6.61 Å². The Bertz CT molecular complexity index is 43.7. The second-order valence-electron chi connectivity index (χ2n) is 1.62. The summed E-state index contributed by atoms with van der Waals surface area (Å²) >= 11 is 0. The molecule has 4 nitrogen and oxygen atoms in total. The summed E-state index contributed by atoms with van der Waals surface area (Å²) in [5.41, 5.74) is 0. The van der Waals surface area contributed by atoms with Crippen LogP contribution in [0.1, 0.15) is 13.3 Å². The van der Waals surface area contributed by atoms with Crippen LogP contribution in [0.5, 0.6) is 0 Å². The summed E-state index contributed by atoms with van der Waals surface area (Å²) in [5.74, 6) is 0. The highest BCUT2D eigenvalue weighted by molar-refractivity contribution is 4.41. The van der Waals surface area contributed by atoms with Crippen LogP contribution >= 0.6 is 0 Å². The molecule has 0 aliphatic heterocycles. The van der Waals surface area contributed by atoms with Crippen LogP contribution < -0.4 is 0 Å². The molecular formula is C7H17O4. The molecule has 69 valence electrons. The van der Waals surface area contributed by atoms with Gasteiger partial charge in [-0.3, -0.25) is 0 Å². The maximum atomic E-state index is 8.15. The van der Waals surface area contributed by atoms with E-state index in [1.54, 1.807) is 6.61 Å². The molecule has 0 saturated carbocycles. The highest BCUT2D eigenvalue weighted by Crippen LogP contribution is 1.84. The van der Waals surface area contributed by atoms with Gasteiger partial charge in [-0.1, -0.05) is 6.92 Å². The first-order valence-electron chi connectivity index (χ1n) is 3.59. The van der Waals surface area contributed by atoms with Gasteiger partial charge in [0.15, 0.2) is 0 Å². The van der Waals surface area contributed by atoms with Crippen LogP contribution in [0.4, 0.5) is 0 Å². The van der Waals surface area contributed by atoms with E-state index in [9.17, 15) is 0 Å². The van der Waals surface area contributed by atoms with E-state index in [0.29, 0.717) is 6.61 Å². The Kier molecular flexibility index (Phi) is 20.1. The zero-order chi connectivity index (χ0) is 8.95. The quantitative estimate of drug-likeness (QED) is 0.482. The van der Waals surface area contributed by atoms with Gasteiger partial charge in [0.25, 0.3) is 0 Å². The van der Waals surface area contributed by atoms with E-state index in [1.807, 2.05) is 6.92 Å². The van der Waals surface area contributed by atoms with Gasteiger partial charge in [-0.15, -0.1) is 0 Å².